The molecule has 0 aromatic heterocycles. The monoisotopic (exact) mass is 364 g/mol. The topological polar surface area (TPSA) is 0 Å². The summed E-state index contributed by atoms with van der Waals surface area (Å²) >= 11 is 0. The molecule has 0 amide bonds. The molecule has 0 aliphatic rings. The van der Waals surface area contributed by atoms with E-state index in [9.17, 15) is 26.3 Å². The Labute approximate surface area is 144 Å². The third-order valence-corrected chi connectivity index (χ3v) is 3.26. The van der Waals surface area contributed by atoms with Gasteiger partial charge in [-0.2, -0.15) is 26.3 Å². The van der Waals surface area contributed by atoms with Crippen molar-refractivity contribution in [3.8, 4) is 0 Å². The summed E-state index contributed by atoms with van der Waals surface area (Å²) in [5, 5.41) is 0. The summed E-state index contributed by atoms with van der Waals surface area (Å²) < 4.78 is 81.1. The van der Waals surface area contributed by atoms with E-state index in [1.807, 2.05) is 27.7 Å². The molecule has 0 saturated heterocycles. The van der Waals surface area contributed by atoms with Crippen LogP contribution in [0.15, 0.2) is 60.7 Å². The van der Waals surface area contributed by atoms with Crippen LogP contribution < -0.4 is 0 Å². The van der Waals surface area contributed by atoms with Gasteiger partial charge in [0.15, 0.2) is 0 Å². The van der Waals surface area contributed by atoms with Crippen LogP contribution in [0.25, 0.3) is 0 Å². The summed E-state index contributed by atoms with van der Waals surface area (Å²) in [4.78, 5) is 0. The Morgan fingerprint density at radius 1 is 0.480 bits per heavy atom. The molecular formula is C19H22F6. The molecule has 0 saturated carbocycles. The Morgan fingerprint density at radius 2 is 0.720 bits per heavy atom. The zero-order valence-corrected chi connectivity index (χ0v) is 14.5. The van der Waals surface area contributed by atoms with Gasteiger partial charge in [0.2, 0.25) is 5.41 Å². The van der Waals surface area contributed by atoms with E-state index < -0.39 is 28.9 Å². The van der Waals surface area contributed by atoms with Crippen LogP contribution >= 0.6 is 0 Å². The van der Waals surface area contributed by atoms with E-state index in [0.717, 1.165) is 48.5 Å². The van der Waals surface area contributed by atoms with Gasteiger partial charge in [-0.15, -0.1) is 0 Å². The van der Waals surface area contributed by atoms with Gasteiger partial charge in [-0.3, -0.25) is 0 Å². The Bertz CT molecular complexity index is 529. The van der Waals surface area contributed by atoms with Crippen molar-refractivity contribution in [1.82, 2.24) is 0 Å². The molecule has 0 aliphatic heterocycles. The normalized spacial score (nSPS) is 11.6. The lowest BCUT2D eigenvalue weighted by atomic mass is 9.73. The fourth-order valence-corrected chi connectivity index (χ4v) is 2.36. The van der Waals surface area contributed by atoms with E-state index in [-0.39, 0.29) is 0 Å². The van der Waals surface area contributed by atoms with Crippen LogP contribution in [0.3, 0.4) is 0 Å². The number of hydrogen-bond donors (Lipinski definition) is 0. The van der Waals surface area contributed by atoms with E-state index >= 15 is 0 Å². The molecule has 0 fully saturated rings. The fraction of sp³-hybridized carbons (Fsp3) is 0.368. The second-order valence-electron chi connectivity index (χ2n) is 4.48. The summed E-state index contributed by atoms with van der Waals surface area (Å²) in [6.45, 7) is 8.00. The number of halogens is 6. The zero-order valence-electron chi connectivity index (χ0n) is 14.5. The van der Waals surface area contributed by atoms with Gasteiger partial charge >= 0.3 is 12.4 Å². The quantitative estimate of drug-likeness (QED) is 0.496. The minimum absolute atomic E-state index is 0.841. The van der Waals surface area contributed by atoms with E-state index in [4.69, 9.17) is 0 Å². The van der Waals surface area contributed by atoms with Crippen molar-refractivity contribution in [2.75, 3.05) is 0 Å². The third kappa shape index (κ3) is 4.55. The van der Waals surface area contributed by atoms with E-state index in [2.05, 4.69) is 0 Å². The van der Waals surface area contributed by atoms with Crippen molar-refractivity contribution in [3.05, 3.63) is 71.8 Å². The molecule has 140 valence electrons. The van der Waals surface area contributed by atoms with Gasteiger partial charge in [-0.1, -0.05) is 88.4 Å². The van der Waals surface area contributed by atoms with E-state index in [1.54, 1.807) is 0 Å². The van der Waals surface area contributed by atoms with Gasteiger partial charge in [0, 0.05) is 0 Å². The smallest absolute Gasteiger partial charge is 0.169 e. The molecular weight excluding hydrogens is 342 g/mol. The van der Waals surface area contributed by atoms with Gasteiger partial charge in [0.25, 0.3) is 0 Å². The number of alkyl halides is 6. The highest BCUT2D eigenvalue weighted by atomic mass is 19.4. The fourth-order valence-electron chi connectivity index (χ4n) is 2.36. The third-order valence-electron chi connectivity index (χ3n) is 3.26. The van der Waals surface area contributed by atoms with Gasteiger partial charge < -0.3 is 0 Å². The number of hydrogen-bond acceptors (Lipinski definition) is 0. The minimum atomic E-state index is -5.52. The van der Waals surface area contributed by atoms with Crippen LogP contribution in [0.5, 0.6) is 0 Å². The van der Waals surface area contributed by atoms with Crippen molar-refractivity contribution in [2.45, 2.75) is 45.5 Å². The lowest BCUT2D eigenvalue weighted by molar-refractivity contribution is -0.288. The molecule has 0 nitrogen and oxygen atoms in total. The first kappa shape index (κ1) is 23.0. The van der Waals surface area contributed by atoms with Crippen molar-refractivity contribution >= 4 is 0 Å². The summed E-state index contributed by atoms with van der Waals surface area (Å²) in [5.74, 6) is 0. The molecule has 6 heteroatoms. The van der Waals surface area contributed by atoms with Crippen LogP contribution in [-0.2, 0) is 5.41 Å². The predicted octanol–water partition coefficient (Wildman–Crippen LogP) is 7.15. The van der Waals surface area contributed by atoms with Crippen molar-refractivity contribution in [1.29, 1.82) is 0 Å². The highest BCUT2D eigenvalue weighted by molar-refractivity contribution is 5.43. The lowest BCUT2D eigenvalue weighted by Crippen LogP contribution is -2.54. The summed E-state index contributed by atoms with van der Waals surface area (Å²) in [5.41, 5.74) is -5.74. The molecule has 2 aromatic rings. The molecule has 0 N–H and O–H groups in total. The molecule has 0 atom stereocenters. The molecule has 0 bridgehead atoms. The van der Waals surface area contributed by atoms with Gasteiger partial charge in [0.1, 0.15) is 0 Å². The van der Waals surface area contributed by atoms with Crippen molar-refractivity contribution in [2.24, 2.45) is 0 Å². The second kappa shape index (κ2) is 9.49. The largest absolute Gasteiger partial charge is 0.411 e. The summed E-state index contributed by atoms with van der Waals surface area (Å²) in [6, 6.07) is 10.7. The Kier molecular flexibility index (Phi) is 8.74. The Hall–Kier alpha value is -1.98. The van der Waals surface area contributed by atoms with E-state index in [1.165, 1.54) is 12.1 Å². The second-order valence-corrected chi connectivity index (χ2v) is 4.48. The summed E-state index contributed by atoms with van der Waals surface area (Å²) in [7, 11) is 0. The van der Waals surface area contributed by atoms with Gasteiger partial charge in [0.05, 0.1) is 0 Å². The van der Waals surface area contributed by atoms with Crippen LogP contribution in [0.2, 0.25) is 0 Å². The summed E-state index contributed by atoms with van der Waals surface area (Å²) in [6.07, 6.45) is -11.0. The maximum Gasteiger partial charge on any atom is 0.411 e. The van der Waals surface area contributed by atoms with Crippen LogP contribution in [0.4, 0.5) is 26.3 Å². The first-order valence-corrected chi connectivity index (χ1v) is 7.96. The van der Waals surface area contributed by atoms with Crippen LogP contribution in [-0.4, -0.2) is 12.4 Å². The van der Waals surface area contributed by atoms with Gasteiger partial charge in [-0.25, -0.2) is 0 Å². The molecule has 0 radical (unpaired) electrons. The average Bonchev–Trinajstić information content (AvgIpc) is 2.58. The van der Waals surface area contributed by atoms with Crippen LogP contribution in [0, 0.1) is 0 Å². The standard InChI is InChI=1S/C15H10F6.2C2H6/c16-14(17,18)13(15(19,20)21,11-7-3-1-4-8-11)12-9-5-2-6-10-12;2*1-2/h1-10H;2*1-2H3. The zero-order chi connectivity index (χ0) is 19.7. The maximum atomic E-state index is 13.5. The van der Waals surface area contributed by atoms with Gasteiger partial charge in [-0.05, 0) is 11.1 Å². The predicted molar refractivity (Wildman–Crippen MR) is 88.5 cm³/mol. The maximum absolute atomic E-state index is 13.5. The molecule has 0 heterocycles. The Morgan fingerprint density at radius 3 is 0.920 bits per heavy atom. The average molecular weight is 364 g/mol. The molecule has 0 unspecified atom stereocenters. The van der Waals surface area contributed by atoms with Crippen molar-refractivity contribution < 1.29 is 26.3 Å². The lowest BCUT2D eigenvalue weighted by Gasteiger charge is -2.38. The van der Waals surface area contributed by atoms with Crippen LogP contribution in [0.1, 0.15) is 38.8 Å². The van der Waals surface area contributed by atoms with Crippen molar-refractivity contribution in [3.63, 3.8) is 0 Å². The highest BCUT2D eigenvalue weighted by Gasteiger charge is 2.72. The molecule has 0 spiro atoms. The van der Waals surface area contributed by atoms with E-state index in [0.29, 0.717) is 0 Å². The highest BCUT2D eigenvalue weighted by Crippen LogP contribution is 2.55. The SMILES string of the molecule is CC.CC.FC(F)(F)C(c1ccccc1)(c1ccccc1)C(F)(F)F. The number of rotatable bonds is 2. The molecule has 2 rings (SSSR count). The molecule has 2 aromatic carbocycles. The first-order chi connectivity index (χ1) is 11.7. The Balaban J connectivity index is 0.00000134. The minimum Gasteiger partial charge on any atom is -0.169 e. The number of benzene rings is 2. The molecule has 0 aliphatic carbocycles. The first-order valence-electron chi connectivity index (χ1n) is 7.96. The molecule has 25 heavy (non-hydrogen) atoms.